The highest BCUT2D eigenvalue weighted by molar-refractivity contribution is 7.10. The van der Waals surface area contributed by atoms with Gasteiger partial charge in [-0.1, -0.05) is 13.8 Å². The van der Waals surface area contributed by atoms with Gasteiger partial charge in [0.05, 0.1) is 0 Å². The quantitative estimate of drug-likeness (QED) is 0.886. The number of piperazine rings is 1. The second-order valence-corrected chi connectivity index (χ2v) is 6.35. The van der Waals surface area contributed by atoms with Crippen molar-refractivity contribution in [3.63, 3.8) is 0 Å². The Hall–Kier alpha value is -0.380. The zero-order valence-corrected chi connectivity index (χ0v) is 12.0. The molecule has 1 saturated heterocycles. The standard InChI is InChI=1S/C14H24N2S/c1-11(2)10-13(14-12(3)4-9-17-14)16-7-5-15-6-8-16/h4,9,11,13,15H,5-8,10H2,1-3H3/t13-/m1/s1. The summed E-state index contributed by atoms with van der Waals surface area (Å²) in [5, 5.41) is 5.68. The van der Waals surface area contributed by atoms with E-state index in [0.29, 0.717) is 6.04 Å². The fraction of sp³-hybridized carbons (Fsp3) is 0.714. The van der Waals surface area contributed by atoms with Gasteiger partial charge in [-0.2, -0.15) is 0 Å². The van der Waals surface area contributed by atoms with Crippen LogP contribution in [-0.2, 0) is 0 Å². The highest BCUT2D eigenvalue weighted by Gasteiger charge is 2.24. The molecule has 1 N–H and O–H groups in total. The highest BCUT2D eigenvalue weighted by atomic mass is 32.1. The van der Waals surface area contributed by atoms with E-state index < -0.39 is 0 Å². The zero-order chi connectivity index (χ0) is 12.3. The van der Waals surface area contributed by atoms with Gasteiger partial charge in [0.25, 0.3) is 0 Å². The molecule has 1 aliphatic heterocycles. The number of aryl methyl sites for hydroxylation is 1. The van der Waals surface area contributed by atoms with Crippen LogP contribution in [-0.4, -0.2) is 31.1 Å². The zero-order valence-electron chi connectivity index (χ0n) is 11.2. The molecule has 0 bridgehead atoms. The molecule has 17 heavy (non-hydrogen) atoms. The molecule has 0 spiro atoms. The van der Waals surface area contributed by atoms with Gasteiger partial charge in [0.2, 0.25) is 0 Å². The van der Waals surface area contributed by atoms with E-state index in [2.05, 4.69) is 42.4 Å². The van der Waals surface area contributed by atoms with Crippen LogP contribution in [0.2, 0.25) is 0 Å². The van der Waals surface area contributed by atoms with E-state index in [4.69, 9.17) is 0 Å². The number of nitrogens with one attached hydrogen (secondary N) is 1. The Bertz CT molecular complexity index is 340. The van der Waals surface area contributed by atoms with E-state index in [1.54, 1.807) is 4.88 Å². The van der Waals surface area contributed by atoms with Gasteiger partial charge in [0.1, 0.15) is 0 Å². The Balaban J connectivity index is 2.15. The van der Waals surface area contributed by atoms with E-state index in [0.717, 1.165) is 19.0 Å². The molecule has 2 heterocycles. The van der Waals surface area contributed by atoms with Crippen LogP contribution in [0.1, 0.15) is 36.8 Å². The van der Waals surface area contributed by atoms with Crippen molar-refractivity contribution in [2.45, 2.75) is 33.2 Å². The summed E-state index contributed by atoms with van der Waals surface area (Å²) in [6.45, 7) is 11.6. The van der Waals surface area contributed by atoms with Crippen LogP contribution in [0.15, 0.2) is 11.4 Å². The van der Waals surface area contributed by atoms with Crippen LogP contribution >= 0.6 is 11.3 Å². The van der Waals surface area contributed by atoms with Gasteiger partial charge in [-0.15, -0.1) is 11.3 Å². The summed E-state index contributed by atoms with van der Waals surface area (Å²) in [5.41, 5.74) is 1.47. The molecule has 0 unspecified atom stereocenters. The third-order valence-electron chi connectivity index (χ3n) is 3.49. The molecule has 96 valence electrons. The van der Waals surface area contributed by atoms with E-state index in [1.165, 1.54) is 25.1 Å². The topological polar surface area (TPSA) is 15.3 Å². The van der Waals surface area contributed by atoms with E-state index in [-0.39, 0.29) is 0 Å². The molecule has 1 atom stereocenters. The van der Waals surface area contributed by atoms with Gasteiger partial charge in [0, 0.05) is 37.1 Å². The molecular weight excluding hydrogens is 228 g/mol. The van der Waals surface area contributed by atoms with Crippen molar-refractivity contribution >= 4 is 11.3 Å². The average Bonchev–Trinajstić information content (AvgIpc) is 2.73. The molecule has 2 nitrogen and oxygen atoms in total. The monoisotopic (exact) mass is 252 g/mol. The van der Waals surface area contributed by atoms with Crippen molar-refractivity contribution in [1.82, 2.24) is 10.2 Å². The predicted octanol–water partition coefficient (Wildman–Crippen LogP) is 3.05. The minimum atomic E-state index is 0.636. The summed E-state index contributed by atoms with van der Waals surface area (Å²) in [4.78, 5) is 4.25. The first-order valence-corrected chi connectivity index (χ1v) is 7.55. The number of hydrogen-bond donors (Lipinski definition) is 1. The van der Waals surface area contributed by atoms with Crippen LogP contribution in [0.4, 0.5) is 0 Å². The van der Waals surface area contributed by atoms with Crippen molar-refractivity contribution in [1.29, 1.82) is 0 Å². The third-order valence-corrected chi connectivity index (χ3v) is 4.61. The number of hydrogen-bond acceptors (Lipinski definition) is 3. The summed E-state index contributed by atoms with van der Waals surface area (Å²) < 4.78 is 0. The molecule has 1 aromatic rings. The number of rotatable bonds is 4. The fourth-order valence-corrected chi connectivity index (χ4v) is 3.66. The Kier molecular flexibility index (Phi) is 4.60. The van der Waals surface area contributed by atoms with Gasteiger partial charge in [-0.05, 0) is 36.3 Å². The minimum absolute atomic E-state index is 0.636. The number of nitrogens with zero attached hydrogens (tertiary/aromatic N) is 1. The summed E-state index contributed by atoms with van der Waals surface area (Å²) >= 11 is 1.93. The summed E-state index contributed by atoms with van der Waals surface area (Å²) in [7, 11) is 0. The molecule has 0 amide bonds. The molecule has 1 fully saturated rings. The fourth-order valence-electron chi connectivity index (χ4n) is 2.59. The maximum Gasteiger partial charge on any atom is 0.0447 e. The lowest BCUT2D eigenvalue weighted by molar-refractivity contribution is 0.156. The molecule has 0 aromatic carbocycles. The molecular formula is C14H24N2S. The first-order chi connectivity index (χ1) is 8.18. The molecule has 1 aromatic heterocycles. The van der Waals surface area contributed by atoms with Crippen LogP contribution in [0.3, 0.4) is 0 Å². The Morgan fingerprint density at radius 2 is 2.06 bits per heavy atom. The van der Waals surface area contributed by atoms with Crippen molar-refractivity contribution in [2.24, 2.45) is 5.92 Å². The number of thiophene rings is 1. The van der Waals surface area contributed by atoms with Crippen LogP contribution in [0, 0.1) is 12.8 Å². The Morgan fingerprint density at radius 1 is 1.35 bits per heavy atom. The van der Waals surface area contributed by atoms with Crippen LogP contribution in [0.25, 0.3) is 0 Å². The first-order valence-electron chi connectivity index (χ1n) is 6.67. The van der Waals surface area contributed by atoms with E-state index in [9.17, 15) is 0 Å². The van der Waals surface area contributed by atoms with Crippen molar-refractivity contribution in [3.05, 3.63) is 21.9 Å². The minimum Gasteiger partial charge on any atom is -0.314 e. The molecule has 0 radical (unpaired) electrons. The lowest BCUT2D eigenvalue weighted by Gasteiger charge is -2.35. The van der Waals surface area contributed by atoms with Crippen LogP contribution in [0.5, 0.6) is 0 Å². The molecule has 3 heteroatoms. The summed E-state index contributed by atoms with van der Waals surface area (Å²) in [6, 6.07) is 2.90. The summed E-state index contributed by atoms with van der Waals surface area (Å²) in [5.74, 6) is 0.761. The van der Waals surface area contributed by atoms with Gasteiger partial charge in [0.15, 0.2) is 0 Å². The summed E-state index contributed by atoms with van der Waals surface area (Å²) in [6.07, 6.45) is 1.28. The van der Waals surface area contributed by atoms with Crippen molar-refractivity contribution in [3.8, 4) is 0 Å². The Morgan fingerprint density at radius 3 is 2.59 bits per heavy atom. The maximum absolute atomic E-state index is 3.44. The molecule has 2 rings (SSSR count). The molecule has 1 aliphatic rings. The van der Waals surface area contributed by atoms with Crippen molar-refractivity contribution in [2.75, 3.05) is 26.2 Å². The van der Waals surface area contributed by atoms with Gasteiger partial charge < -0.3 is 5.32 Å². The smallest absolute Gasteiger partial charge is 0.0447 e. The Labute approximate surface area is 109 Å². The van der Waals surface area contributed by atoms with Gasteiger partial charge in [-0.3, -0.25) is 4.90 Å². The normalized spacial score (nSPS) is 19.8. The second kappa shape index (κ2) is 5.98. The maximum atomic E-state index is 3.44. The van der Waals surface area contributed by atoms with Crippen LogP contribution < -0.4 is 5.32 Å². The average molecular weight is 252 g/mol. The largest absolute Gasteiger partial charge is 0.314 e. The molecule has 0 aliphatic carbocycles. The lowest BCUT2D eigenvalue weighted by Crippen LogP contribution is -2.45. The highest BCUT2D eigenvalue weighted by Crippen LogP contribution is 2.33. The third kappa shape index (κ3) is 3.30. The second-order valence-electron chi connectivity index (χ2n) is 5.40. The predicted molar refractivity (Wildman–Crippen MR) is 75.7 cm³/mol. The first kappa shape index (κ1) is 13.1. The van der Waals surface area contributed by atoms with E-state index >= 15 is 0 Å². The molecule has 0 saturated carbocycles. The SMILES string of the molecule is Cc1ccsc1[C@@H](CC(C)C)N1CCNCC1. The van der Waals surface area contributed by atoms with E-state index in [1.807, 2.05) is 11.3 Å². The van der Waals surface area contributed by atoms with Gasteiger partial charge >= 0.3 is 0 Å². The lowest BCUT2D eigenvalue weighted by atomic mass is 9.98. The van der Waals surface area contributed by atoms with Gasteiger partial charge in [-0.25, -0.2) is 0 Å². The van der Waals surface area contributed by atoms with Crippen molar-refractivity contribution < 1.29 is 0 Å².